The number of thiazole rings is 1. The summed E-state index contributed by atoms with van der Waals surface area (Å²) in [6.07, 6.45) is 1.17. The highest BCUT2D eigenvalue weighted by Gasteiger charge is 2.28. The van der Waals surface area contributed by atoms with Crippen molar-refractivity contribution in [2.45, 2.75) is 18.3 Å². The number of nitrogens with one attached hydrogen (secondary N) is 1. The number of aromatic nitrogens is 1. The molecule has 2 atom stereocenters. The normalized spacial score (nSPS) is 24.1. The second kappa shape index (κ2) is 5.51. The van der Waals surface area contributed by atoms with Gasteiger partial charge in [0.2, 0.25) is 0 Å². The Kier molecular flexibility index (Phi) is 3.77. The summed E-state index contributed by atoms with van der Waals surface area (Å²) in [5, 5.41) is 5.70. The van der Waals surface area contributed by atoms with Crippen LogP contribution >= 0.6 is 27.3 Å². The Bertz CT molecular complexity index is 512. The molecule has 1 aliphatic heterocycles. The zero-order valence-corrected chi connectivity index (χ0v) is 12.4. The lowest BCUT2D eigenvalue weighted by atomic mass is 9.80. The zero-order chi connectivity index (χ0) is 12.4. The first-order valence-electron chi connectivity index (χ1n) is 6.19. The Balaban J connectivity index is 1.93. The quantitative estimate of drug-likeness (QED) is 0.910. The van der Waals surface area contributed by atoms with Crippen LogP contribution in [0.1, 0.15) is 29.5 Å². The van der Waals surface area contributed by atoms with Crippen molar-refractivity contribution in [2.75, 3.05) is 13.1 Å². The van der Waals surface area contributed by atoms with Crippen molar-refractivity contribution >= 4 is 27.3 Å². The van der Waals surface area contributed by atoms with Crippen LogP contribution in [0.5, 0.6) is 0 Å². The average Bonchev–Trinajstić information content (AvgIpc) is 2.92. The van der Waals surface area contributed by atoms with Crippen LogP contribution in [0.3, 0.4) is 0 Å². The molecule has 18 heavy (non-hydrogen) atoms. The van der Waals surface area contributed by atoms with E-state index in [0.29, 0.717) is 11.8 Å². The molecule has 4 heteroatoms. The minimum atomic E-state index is 0.526. The third kappa shape index (κ3) is 2.51. The molecular weight excluding hydrogens is 308 g/mol. The van der Waals surface area contributed by atoms with Crippen LogP contribution in [0.2, 0.25) is 0 Å². The summed E-state index contributed by atoms with van der Waals surface area (Å²) < 4.78 is 1.16. The number of halogens is 1. The Morgan fingerprint density at radius 2 is 2.28 bits per heavy atom. The highest BCUT2D eigenvalue weighted by Crippen LogP contribution is 2.37. The standard InChI is InChI=1S/C14H15BrN2S/c15-11-3-1-2-10(6-11)13-7-16-5-4-12(13)14-8-18-9-17-14/h1-3,6,8-9,12-13,16H,4-5,7H2. The maximum atomic E-state index is 4.52. The Hall–Kier alpha value is -0.710. The van der Waals surface area contributed by atoms with Crippen LogP contribution in [0.4, 0.5) is 0 Å². The first-order chi connectivity index (χ1) is 8.84. The van der Waals surface area contributed by atoms with Gasteiger partial charge in [0.05, 0.1) is 11.2 Å². The Labute approximate surface area is 120 Å². The average molecular weight is 323 g/mol. The summed E-state index contributed by atoms with van der Waals surface area (Å²) in [6.45, 7) is 2.13. The molecule has 0 aliphatic carbocycles. The van der Waals surface area contributed by atoms with Crippen molar-refractivity contribution in [1.29, 1.82) is 0 Å². The van der Waals surface area contributed by atoms with E-state index in [9.17, 15) is 0 Å². The summed E-state index contributed by atoms with van der Waals surface area (Å²) in [7, 11) is 0. The minimum absolute atomic E-state index is 0.526. The Morgan fingerprint density at radius 1 is 1.33 bits per heavy atom. The molecule has 1 saturated heterocycles. The molecule has 0 bridgehead atoms. The van der Waals surface area contributed by atoms with Gasteiger partial charge in [-0.05, 0) is 30.7 Å². The summed E-state index contributed by atoms with van der Waals surface area (Å²) in [6, 6.07) is 8.66. The van der Waals surface area contributed by atoms with Crippen LogP contribution in [-0.2, 0) is 0 Å². The summed E-state index contributed by atoms with van der Waals surface area (Å²) in [4.78, 5) is 4.52. The topological polar surface area (TPSA) is 24.9 Å². The van der Waals surface area contributed by atoms with E-state index in [1.807, 2.05) is 5.51 Å². The monoisotopic (exact) mass is 322 g/mol. The lowest BCUT2D eigenvalue weighted by Gasteiger charge is -2.31. The molecule has 94 valence electrons. The van der Waals surface area contributed by atoms with Crippen LogP contribution in [0.25, 0.3) is 0 Å². The number of nitrogens with zero attached hydrogens (tertiary/aromatic N) is 1. The third-order valence-corrected chi connectivity index (χ3v) is 4.69. The zero-order valence-electron chi connectivity index (χ0n) is 9.97. The molecule has 1 aliphatic rings. The number of rotatable bonds is 2. The highest BCUT2D eigenvalue weighted by atomic mass is 79.9. The van der Waals surface area contributed by atoms with Crippen molar-refractivity contribution in [3.8, 4) is 0 Å². The van der Waals surface area contributed by atoms with Crippen molar-refractivity contribution in [3.05, 3.63) is 50.9 Å². The van der Waals surface area contributed by atoms with Gasteiger partial charge < -0.3 is 5.32 Å². The highest BCUT2D eigenvalue weighted by molar-refractivity contribution is 9.10. The first-order valence-corrected chi connectivity index (χ1v) is 7.92. The number of hydrogen-bond donors (Lipinski definition) is 1. The van der Waals surface area contributed by atoms with E-state index in [1.54, 1.807) is 11.3 Å². The summed E-state index contributed by atoms with van der Waals surface area (Å²) in [5.74, 6) is 1.07. The van der Waals surface area contributed by atoms with Crippen molar-refractivity contribution < 1.29 is 0 Å². The molecule has 1 aromatic heterocycles. The van der Waals surface area contributed by atoms with E-state index in [2.05, 4.69) is 55.9 Å². The second-order valence-corrected chi connectivity index (χ2v) is 6.31. The molecule has 0 saturated carbocycles. The molecule has 2 heterocycles. The smallest absolute Gasteiger partial charge is 0.0794 e. The van der Waals surface area contributed by atoms with Gasteiger partial charge in [0.25, 0.3) is 0 Å². The van der Waals surface area contributed by atoms with Crippen LogP contribution in [-0.4, -0.2) is 18.1 Å². The van der Waals surface area contributed by atoms with Gasteiger partial charge in [0.15, 0.2) is 0 Å². The maximum absolute atomic E-state index is 4.52. The molecular formula is C14H15BrN2S. The van der Waals surface area contributed by atoms with Gasteiger partial charge in [-0.15, -0.1) is 11.3 Å². The molecule has 1 N–H and O–H groups in total. The molecule has 2 nitrogen and oxygen atoms in total. The van der Waals surface area contributed by atoms with E-state index in [4.69, 9.17) is 0 Å². The predicted octanol–water partition coefficient (Wildman–Crippen LogP) is 3.77. The van der Waals surface area contributed by atoms with E-state index >= 15 is 0 Å². The largest absolute Gasteiger partial charge is 0.316 e. The molecule has 0 radical (unpaired) electrons. The fourth-order valence-corrected chi connectivity index (χ4v) is 3.74. The van der Waals surface area contributed by atoms with Crippen LogP contribution in [0, 0.1) is 0 Å². The van der Waals surface area contributed by atoms with E-state index in [0.717, 1.165) is 17.6 Å². The van der Waals surface area contributed by atoms with E-state index in [-0.39, 0.29) is 0 Å². The number of benzene rings is 1. The van der Waals surface area contributed by atoms with Gasteiger partial charge in [0.1, 0.15) is 0 Å². The maximum Gasteiger partial charge on any atom is 0.0794 e. The van der Waals surface area contributed by atoms with E-state index in [1.165, 1.54) is 17.7 Å². The SMILES string of the molecule is Brc1cccc(C2CNCCC2c2cscn2)c1. The summed E-state index contributed by atoms with van der Waals surface area (Å²) >= 11 is 5.26. The van der Waals surface area contributed by atoms with Gasteiger partial charge in [-0.25, -0.2) is 4.98 Å². The molecule has 3 rings (SSSR count). The first kappa shape index (κ1) is 12.3. The fourth-order valence-electron chi connectivity index (χ4n) is 2.70. The van der Waals surface area contributed by atoms with Gasteiger partial charge in [0, 0.05) is 28.2 Å². The molecule has 1 aromatic carbocycles. The molecule has 0 spiro atoms. The van der Waals surface area contributed by atoms with Gasteiger partial charge >= 0.3 is 0 Å². The lowest BCUT2D eigenvalue weighted by Crippen LogP contribution is -2.34. The predicted molar refractivity (Wildman–Crippen MR) is 79.2 cm³/mol. The minimum Gasteiger partial charge on any atom is -0.316 e. The molecule has 0 amide bonds. The van der Waals surface area contributed by atoms with Crippen LogP contribution in [0.15, 0.2) is 39.6 Å². The second-order valence-electron chi connectivity index (χ2n) is 4.67. The molecule has 2 unspecified atom stereocenters. The van der Waals surface area contributed by atoms with Crippen LogP contribution < -0.4 is 5.32 Å². The Morgan fingerprint density at radius 3 is 3.06 bits per heavy atom. The van der Waals surface area contributed by atoms with Gasteiger partial charge in [-0.2, -0.15) is 0 Å². The molecule has 1 fully saturated rings. The number of piperidine rings is 1. The lowest BCUT2D eigenvalue weighted by molar-refractivity contribution is 0.399. The summed E-state index contributed by atoms with van der Waals surface area (Å²) in [5.41, 5.74) is 4.59. The van der Waals surface area contributed by atoms with Crippen molar-refractivity contribution in [2.24, 2.45) is 0 Å². The van der Waals surface area contributed by atoms with E-state index < -0.39 is 0 Å². The van der Waals surface area contributed by atoms with Gasteiger partial charge in [-0.3, -0.25) is 0 Å². The van der Waals surface area contributed by atoms with Crippen molar-refractivity contribution in [1.82, 2.24) is 10.3 Å². The van der Waals surface area contributed by atoms with Gasteiger partial charge in [-0.1, -0.05) is 28.1 Å². The number of hydrogen-bond acceptors (Lipinski definition) is 3. The van der Waals surface area contributed by atoms with Crippen molar-refractivity contribution in [3.63, 3.8) is 0 Å². The molecule has 2 aromatic rings. The third-order valence-electron chi connectivity index (χ3n) is 3.59. The fraction of sp³-hybridized carbons (Fsp3) is 0.357.